The lowest BCUT2D eigenvalue weighted by Crippen LogP contribution is -2.55. The molecule has 68 heavy (non-hydrogen) atoms. The van der Waals surface area contributed by atoms with E-state index in [0.29, 0.717) is 22.2 Å². The van der Waals surface area contributed by atoms with Gasteiger partial charge in [0.15, 0.2) is 5.76 Å². The predicted molar refractivity (Wildman–Crippen MR) is 295 cm³/mol. The Hall–Kier alpha value is -7.69. The molecule has 2 aromatic heterocycles. The molecule has 2 heterocycles. The average molecular weight is 856 g/mol. The topological polar surface area (TPSA) is 30.4 Å². The number of aromatic nitrogens is 1. The summed E-state index contributed by atoms with van der Waals surface area (Å²) in [6.45, 7) is 6.73. The Morgan fingerprint density at radius 1 is 0.529 bits per heavy atom. The van der Waals surface area contributed by atoms with E-state index in [0.717, 1.165) is 118 Å². The van der Waals surface area contributed by atoms with Gasteiger partial charge >= 0.3 is 0 Å². The number of furan rings is 1. The molecule has 1 aliphatic rings. The Morgan fingerprint density at radius 2 is 1.10 bits per heavy atom. The van der Waals surface area contributed by atoms with Gasteiger partial charge in [0.05, 0.1) is 16.7 Å². The molecule has 1 aliphatic carbocycles. The monoisotopic (exact) mass is 856 g/mol. The molecule has 0 fully saturated rings. The first-order valence-electron chi connectivity index (χ1n) is 22.8. The van der Waals surface area contributed by atoms with E-state index in [9.17, 15) is 0 Å². The Morgan fingerprint density at radius 3 is 1.78 bits per heavy atom. The third-order valence-corrected chi connectivity index (χ3v) is 13.8. The van der Waals surface area contributed by atoms with Gasteiger partial charge in [0.25, 0.3) is 0 Å². The van der Waals surface area contributed by atoms with E-state index in [-0.39, 0.29) is 16.4 Å². The Bertz CT molecular complexity index is 4030. The number of hydrogen-bond acceptors (Lipinski definition) is 2. The van der Waals surface area contributed by atoms with Crippen molar-refractivity contribution >= 4 is 149 Å². The van der Waals surface area contributed by atoms with Crippen molar-refractivity contribution in [1.29, 1.82) is 0 Å². The van der Waals surface area contributed by atoms with Gasteiger partial charge in [-0.05, 0) is 122 Å². The minimum Gasteiger partial charge on any atom is -0.454 e. The van der Waals surface area contributed by atoms with Crippen LogP contribution >= 0.6 is 0 Å². The first kappa shape index (κ1) is 41.7. The molecule has 9 aromatic carbocycles. The number of para-hydroxylation sites is 1. The molecular formula is C60H37B5N2O. The minimum absolute atomic E-state index is 0.182. The SMILES string of the molecule is [B]c1c([B])c([B])c(-c2ccc3c(c2)c2ccccc2n3-c2cc3c4ccccc4c4ccccc4c3cc2C(C)=Nc2c(C(=C)C3=CCCC=C3)oc3ccc(-c4ccccc4)cc23)c([B])c1[B]. The second kappa shape index (κ2) is 16.3. The van der Waals surface area contributed by atoms with Crippen molar-refractivity contribution in [1.82, 2.24) is 4.57 Å². The van der Waals surface area contributed by atoms with E-state index in [1.165, 1.54) is 10.8 Å². The van der Waals surface area contributed by atoms with Crippen molar-refractivity contribution < 1.29 is 4.42 Å². The molecule has 0 spiro atoms. The van der Waals surface area contributed by atoms with Crippen LogP contribution in [0.5, 0.6) is 0 Å². The van der Waals surface area contributed by atoms with Gasteiger partial charge in [-0.3, -0.25) is 0 Å². The quantitative estimate of drug-likeness (QED) is 0.0892. The number of nitrogens with zero attached hydrogens (tertiary/aromatic N) is 2. The second-order valence-corrected chi connectivity index (χ2v) is 17.7. The highest BCUT2D eigenvalue weighted by molar-refractivity contribution is 6.68. The van der Waals surface area contributed by atoms with E-state index >= 15 is 0 Å². The molecule has 0 aliphatic heterocycles. The van der Waals surface area contributed by atoms with E-state index in [1.807, 2.05) is 18.2 Å². The second-order valence-electron chi connectivity index (χ2n) is 17.7. The van der Waals surface area contributed by atoms with Crippen LogP contribution in [0.2, 0.25) is 0 Å². The van der Waals surface area contributed by atoms with E-state index in [1.54, 1.807) is 0 Å². The highest BCUT2D eigenvalue weighted by Crippen LogP contribution is 2.44. The lowest BCUT2D eigenvalue weighted by molar-refractivity contribution is 0.601. The van der Waals surface area contributed by atoms with Crippen LogP contribution in [0, 0.1) is 0 Å². The van der Waals surface area contributed by atoms with Gasteiger partial charge in [-0.2, -0.15) is 0 Å². The van der Waals surface area contributed by atoms with Crippen LogP contribution < -0.4 is 27.3 Å². The Balaban J connectivity index is 1.17. The van der Waals surface area contributed by atoms with Gasteiger partial charge in [0, 0.05) is 33.0 Å². The lowest BCUT2D eigenvalue weighted by Gasteiger charge is -2.21. The molecule has 0 unspecified atom stereocenters. The standard InChI is InChI=1S/C60H37B5N2O/c1-33(35-15-5-3-6-16-35)60-59(48-29-37(26-28-52(48)68-60)36-17-7-4-8-18-36)66-34(2)44-31-45-41-21-11-9-19-39(41)40-20-10-12-22-42(40)46(45)32-51(44)67-49-24-14-13-23-43(49)47-30-38(25-27-50(47)67)53-54(61)56(63)58(65)57(64)55(53)62/h4-5,7-32H,1,3,6H2,2H3. The van der Waals surface area contributed by atoms with Crippen LogP contribution in [0.15, 0.2) is 191 Å². The normalized spacial score (nSPS) is 13.1. The Kier molecular flexibility index (Phi) is 9.99. The number of fused-ring (bicyclic) bond motifs is 10. The smallest absolute Gasteiger partial charge is 0.161 e. The van der Waals surface area contributed by atoms with Crippen LogP contribution in [0.4, 0.5) is 5.69 Å². The van der Waals surface area contributed by atoms with Crippen LogP contribution in [0.3, 0.4) is 0 Å². The van der Waals surface area contributed by atoms with Gasteiger partial charge in [-0.1, -0.05) is 145 Å². The number of allylic oxidation sites excluding steroid dienone is 5. The highest BCUT2D eigenvalue weighted by Gasteiger charge is 2.24. The minimum atomic E-state index is 0.182. The summed E-state index contributed by atoms with van der Waals surface area (Å²) >= 11 is 0. The van der Waals surface area contributed by atoms with Gasteiger partial charge in [-0.15, -0.1) is 16.4 Å². The Labute approximate surface area is 401 Å². The largest absolute Gasteiger partial charge is 0.454 e. The summed E-state index contributed by atoms with van der Waals surface area (Å²) < 4.78 is 9.14. The van der Waals surface area contributed by atoms with Crippen LogP contribution in [-0.2, 0) is 0 Å². The van der Waals surface area contributed by atoms with E-state index in [4.69, 9.17) is 48.6 Å². The fraction of sp³-hybridized carbons (Fsp3) is 0.0500. The number of hydrogen-bond donors (Lipinski definition) is 0. The summed E-state index contributed by atoms with van der Waals surface area (Å²) in [6, 6.07) is 53.5. The maximum atomic E-state index is 6.79. The lowest BCUT2D eigenvalue weighted by atomic mass is 9.59. The summed E-state index contributed by atoms with van der Waals surface area (Å²) in [4.78, 5) is 5.68. The summed E-state index contributed by atoms with van der Waals surface area (Å²) in [5.41, 5.74) is 12.8. The van der Waals surface area contributed by atoms with Crippen molar-refractivity contribution in [3.63, 3.8) is 0 Å². The first-order valence-corrected chi connectivity index (χ1v) is 22.8. The van der Waals surface area contributed by atoms with Crippen molar-refractivity contribution in [2.45, 2.75) is 19.8 Å². The summed E-state index contributed by atoms with van der Waals surface area (Å²) in [5, 5.41) is 9.93. The average Bonchev–Trinajstić information content (AvgIpc) is 3.92. The van der Waals surface area contributed by atoms with Crippen LogP contribution in [0.25, 0.3) is 98.6 Å². The van der Waals surface area contributed by atoms with Gasteiger partial charge in [0.1, 0.15) is 50.5 Å². The molecule has 3 nitrogen and oxygen atoms in total. The van der Waals surface area contributed by atoms with E-state index < -0.39 is 0 Å². The predicted octanol–water partition coefficient (Wildman–Crippen LogP) is 10.7. The highest BCUT2D eigenvalue weighted by atomic mass is 16.3. The maximum absolute atomic E-state index is 6.79. The maximum Gasteiger partial charge on any atom is 0.161 e. The van der Waals surface area contributed by atoms with Crippen molar-refractivity contribution in [3.05, 3.63) is 193 Å². The van der Waals surface area contributed by atoms with Crippen LogP contribution in [-0.4, -0.2) is 49.5 Å². The van der Waals surface area contributed by atoms with Crippen molar-refractivity contribution in [2.75, 3.05) is 0 Å². The third kappa shape index (κ3) is 6.53. The molecule has 11 aromatic rings. The zero-order chi connectivity index (χ0) is 46.4. The van der Waals surface area contributed by atoms with Gasteiger partial charge < -0.3 is 8.98 Å². The summed E-state index contributed by atoms with van der Waals surface area (Å²) in [6.07, 6.45) is 8.49. The van der Waals surface area contributed by atoms with Crippen LogP contribution in [0.1, 0.15) is 31.1 Å². The number of aliphatic imine (C=N–C) groups is 1. The van der Waals surface area contributed by atoms with Crippen molar-refractivity contribution in [2.24, 2.45) is 4.99 Å². The first-order chi connectivity index (χ1) is 33.2. The zero-order valence-corrected chi connectivity index (χ0v) is 37.5. The molecule has 0 N–H and O–H groups in total. The third-order valence-electron chi connectivity index (χ3n) is 13.8. The van der Waals surface area contributed by atoms with Gasteiger partial charge in [-0.25, -0.2) is 4.99 Å². The number of rotatable bonds is 7. The fourth-order valence-corrected chi connectivity index (χ4v) is 10.4. The van der Waals surface area contributed by atoms with Crippen molar-refractivity contribution in [3.8, 4) is 27.9 Å². The van der Waals surface area contributed by atoms with Gasteiger partial charge in [0.2, 0.25) is 0 Å². The molecule has 12 rings (SSSR count). The molecule has 0 saturated carbocycles. The molecular weight excluding hydrogens is 819 g/mol. The molecule has 0 atom stereocenters. The molecule has 0 saturated heterocycles. The molecule has 10 radical (unpaired) electrons. The molecule has 8 heteroatoms. The molecule has 308 valence electrons. The number of benzene rings is 9. The molecule has 0 bridgehead atoms. The van der Waals surface area contributed by atoms with E-state index in [2.05, 4.69) is 170 Å². The summed E-state index contributed by atoms with van der Waals surface area (Å²) in [7, 11) is 32.3. The summed E-state index contributed by atoms with van der Waals surface area (Å²) in [5.74, 6) is 0.646. The zero-order valence-electron chi connectivity index (χ0n) is 37.5. The fourth-order valence-electron chi connectivity index (χ4n) is 10.4. The molecule has 0 amide bonds.